The molecule has 1 saturated carbocycles. The summed E-state index contributed by atoms with van der Waals surface area (Å²) in [6.45, 7) is 0. The first-order valence-corrected chi connectivity index (χ1v) is 7.54. The number of carbonyl (C=O) groups excluding carboxylic acids is 1. The van der Waals surface area contributed by atoms with Crippen molar-refractivity contribution in [3.8, 4) is 0 Å². The summed E-state index contributed by atoms with van der Waals surface area (Å²) < 4.78 is 0. The maximum Gasteiger partial charge on any atom is 0.225 e. The van der Waals surface area contributed by atoms with Crippen molar-refractivity contribution in [2.24, 2.45) is 0 Å². The van der Waals surface area contributed by atoms with Gasteiger partial charge in [-0.3, -0.25) is 4.79 Å². The van der Waals surface area contributed by atoms with Crippen LogP contribution in [0.3, 0.4) is 0 Å². The van der Waals surface area contributed by atoms with E-state index >= 15 is 0 Å². The van der Waals surface area contributed by atoms with Crippen molar-refractivity contribution in [1.29, 1.82) is 0 Å². The minimum Gasteiger partial charge on any atom is -0.353 e. The monoisotopic (exact) mass is 251 g/mol. The number of hydrogen-bond acceptors (Lipinski definition) is 2. The zero-order chi connectivity index (χ0) is 11.9. The van der Waals surface area contributed by atoms with Crippen LogP contribution in [0.25, 0.3) is 0 Å². The molecular weight excluding hydrogens is 230 g/mol. The number of rotatable bonds is 3. The van der Waals surface area contributed by atoms with E-state index in [-0.39, 0.29) is 5.91 Å². The highest BCUT2D eigenvalue weighted by atomic mass is 32.1. The second kappa shape index (κ2) is 6.80. The van der Waals surface area contributed by atoms with Crippen molar-refractivity contribution in [2.75, 3.05) is 0 Å². The van der Waals surface area contributed by atoms with Gasteiger partial charge >= 0.3 is 0 Å². The molecule has 1 heterocycles. The van der Waals surface area contributed by atoms with Crippen LogP contribution in [0.4, 0.5) is 0 Å². The fraction of sp³-hybridized carbons (Fsp3) is 0.643. The van der Waals surface area contributed by atoms with Crippen molar-refractivity contribution in [3.63, 3.8) is 0 Å². The van der Waals surface area contributed by atoms with Gasteiger partial charge in [-0.2, -0.15) is 0 Å². The molecule has 1 amide bonds. The number of thiophene rings is 1. The SMILES string of the molecule is O=C(Cc1cccs1)NC1CCCCCCC1. The summed E-state index contributed by atoms with van der Waals surface area (Å²) in [7, 11) is 0. The molecule has 1 N–H and O–H groups in total. The summed E-state index contributed by atoms with van der Waals surface area (Å²) >= 11 is 1.66. The van der Waals surface area contributed by atoms with Crippen LogP contribution in [0.2, 0.25) is 0 Å². The first kappa shape index (κ1) is 12.6. The lowest BCUT2D eigenvalue weighted by Crippen LogP contribution is -2.36. The minimum absolute atomic E-state index is 0.193. The molecule has 0 aromatic carbocycles. The Morgan fingerprint density at radius 1 is 1.24 bits per heavy atom. The van der Waals surface area contributed by atoms with Crippen molar-refractivity contribution in [3.05, 3.63) is 22.4 Å². The van der Waals surface area contributed by atoms with E-state index in [2.05, 4.69) is 5.32 Å². The van der Waals surface area contributed by atoms with E-state index in [1.165, 1.54) is 32.1 Å². The van der Waals surface area contributed by atoms with Crippen LogP contribution in [0.1, 0.15) is 49.8 Å². The highest BCUT2D eigenvalue weighted by Crippen LogP contribution is 2.17. The van der Waals surface area contributed by atoms with E-state index < -0.39 is 0 Å². The zero-order valence-electron chi connectivity index (χ0n) is 10.3. The fourth-order valence-corrected chi connectivity index (χ4v) is 3.15. The van der Waals surface area contributed by atoms with E-state index in [0.717, 1.165) is 17.7 Å². The molecule has 1 aromatic heterocycles. The Labute approximate surface area is 107 Å². The Balaban J connectivity index is 1.76. The quantitative estimate of drug-likeness (QED) is 0.875. The summed E-state index contributed by atoms with van der Waals surface area (Å²) in [5.41, 5.74) is 0. The third-order valence-electron chi connectivity index (χ3n) is 3.39. The topological polar surface area (TPSA) is 29.1 Å². The Hall–Kier alpha value is -0.830. The second-order valence-electron chi connectivity index (χ2n) is 4.87. The summed E-state index contributed by atoms with van der Waals surface area (Å²) in [5, 5.41) is 5.22. The van der Waals surface area contributed by atoms with Gasteiger partial charge in [0, 0.05) is 10.9 Å². The van der Waals surface area contributed by atoms with Crippen LogP contribution in [-0.4, -0.2) is 11.9 Å². The van der Waals surface area contributed by atoms with Gasteiger partial charge < -0.3 is 5.32 Å². The van der Waals surface area contributed by atoms with Gasteiger partial charge in [0.1, 0.15) is 0 Å². The minimum atomic E-state index is 0.193. The molecule has 0 unspecified atom stereocenters. The predicted octanol–water partition coefficient (Wildman–Crippen LogP) is 3.52. The molecule has 1 aliphatic rings. The maximum atomic E-state index is 11.9. The van der Waals surface area contributed by atoms with Gasteiger partial charge in [0.25, 0.3) is 0 Å². The van der Waals surface area contributed by atoms with Gasteiger partial charge in [-0.1, -0.05) is 38.2 Å². The third kappa shape index (κ3) is 4.50. The summed E-state index contributed by atoms with van der Waals surface area (Å²) in [6, 6.07) is 4.45. The highest BCUT2D eigenvalue weighted by Gasteiger charge is 2.14. The van der Waals surface area contributed by atoms with E-state index in [0.29, 0.717) is 12.5 Å². The zero-order valence-corrected chi connectivity index (χ0v) is 11.1. The van der Waals surface area contributed by atoms with Crippen LogP contribution >= 0.6 is 11.3 Å². The Kier molecular flexibility index (Phi) is 5.05. The lowest BCUT2D eigenvalue weighted by Gasteiger charge is -2.20. The maximum absolute atomic E-state index is 11.9. The standard InChI is InChI=1S/C14H21NOS/c16-14(11-13-9-6-10-17-13)15-12-7-4-2-1-3-5-8-12/h6,9-10,12H,1-5,7-8,11H2,(H,15,16). The van der Waals surface area contributed by atoms with Gasteiger partial charge in [0.2, 0.25) is 5.91 Å². The summed E-state index contributed by atoms with van der Waals surface area (Å²) in [5.74, 6) is 0.193. The van der Waals surface area contributed by atoms with E-state index in [4.69, 9.17) is 0 Å². The van der Waals surface area contributed by atoms with Gasteiger partial charge in [0.05, 0.1) is 6.42 Å². The van der Waals surface area contributed by atoms with Crippen LogP contribution < -0.4 is 5.32 Å². The molecule has 0 bridgehead atoms. The summed E-state index contributed by atoms with van der Waals surface area (Å²) in [6.07, 6.45) is 9.44. The van der Waals surface area contributed by atoms with Crippen molar-refractivity contribution < 1.29 is 4.79 Å². The first-order chi connectivity index (χ1) is 8.34. The average Bonchev–Trinajstić information content (AvgIpc) is 2.74. The van der Waals surface area contributed by atoms with E-state index in [1.54, 1.807) is 11.3 Å². The molecule has 0 saturated heterocycles. The highest BCUT2D eigenvalue weighted by molar-refractivity contribution is 7.10. The summed E-state index contributed by atoms with van der Waals surface area (Å²) in [4.78, 5) is 13.0. The molecule has 0 spiro atoms. The smallest absolute Gasteiger partial charge is 0.225 e. The number of carbonyl (C=O) groups is 1. The van der Waals surface area contributed by atoms with Gasteiger partial charge in [-0.15, -0.1) is 11.3 Å². The molecule has 2 nitrogen and oxygen atoms in total. The van der Waals surface area contributed by atoms with Crippen LogP contribution in [0.5, 0.6) is 0 Å². The lowest BCUT2D eigenvalue weighted by atomic mass is 9.96. The van der Waals surface area contributed by atoms with Crippen LogP contribution in [0.15, 0.2) is 17.5 Å². The lowest BCUT2D eigenvalue weighted by molar-refractivity contribution is -0.121. The Morgan fingerprint density at radius 2 is 1.94 bits per heavy atom. The number of nitrogens with one attached hydrogen (secondary N) is 1. The third-order valence-corrected chi connectivity index (χ3v) is 4.26. The largest absolute Gasteiger partial charge is 0.353 e. The number of hydrogen-bond donors (Lipinski definition) is 1. The fourth-order valence-electron chi connectivity index (χ4n) is 2.45. The van der Waals surface area contributed by atoms with Crippen LogP contribution in [0, 0.1) is 0 Å². The van der Waals surface area contributed by atoms with Crippen molar-refractivity contribution >= 4 is 17.2 Å². The molecule has 0 atom stereocenters. The first-order valence-electron chi connectivity index (χ1n) is 6.66. The molecule has 0 radical (unpaired) electrons. The van der Waals surface area contributed by atoms with E-state index in [1.807, 2.05) is 17.5 Å². The Bertz CT molecular complexity index is 326. The molecule has 94 valence electrons. The molecule has 1 fully saturated rings. The molecule has 3 heteroatoms. The van der Waals surface area contributed by atoms with Crippen molar-refractivity contribution in [1.82, 2.24) is 5.32 Å². The molecule has 2 rings (SSSR count). The second-order valence-corrected chi connectivity index (χ2v) is 5.90. The van der Waals surface area contributed by atoms with Gasteiger partial charge in [-0.05, 0) is 24.3 Å². The van der Waals surface area contributed by atoms with Gasteiger partial charge in [-0.25, -0.2) is 0 Å². The Morgan fingerprint density at radius 3 is 2.59 bits per heavy atom. The average molecular weight is 251 g/mol. The number of amides is 1. The molecule has 1 aromatic rings. The molecule has 0 aliphatic heterocycles. The normalized spacial score (nSPS) is 18.4. The van der Waals surface area contributed by atoms with E-state index in [9.17, 15) is 4.79 Å². The molecule has 1 aliphatic carbocycles. The van der Waals surface area contributed by atoms with Crippen LogP contribution in [-0.2, 0) is 11.2 Å². The molecular formula is C14H21NOS. The van der Waals surface area contributed by atoms with Crippen molar-refractivity contribution in [2.45, 2.75) is 57.4 Å². The predicted molar refractivity (Wildman–Crippen MR) is 72.3 cm³/mol. The molecule has 17 heavy (non-hydrogen) atoms. The van der Waals surface area contributed by atoms with Gasteiger partial charge in [0.15, 0.2) is 0 Å².